The molecule has 2 nitrogen and oxygen atoms in total. The number of ether oxygens (including phenoxy) is 1. The van der Waals surface area contributed by atoms with Crippen LogP contribution in [-0.2, 0) is 4.74 Å². The van der Waals surface area contributed by atoms with E-state index in [1.807, 2.05) is 0 Å². The third-order valence-electron chi connectivity index (χ3n) is 4.81. The van der Waals surface area contributed by atoms with Crippen molar-refractivity contribution < 1.29 is 26.7 Å². The maximum Gasteiger partial charge on any atom is 0.417 e. The predicted octanol–water partition coefficient (Wildman–Crippen LogP) is 4.49. The van der Waals surface area contributed by atoms with Crippen LogP contribution in [0.25, 0.3) is 0 Å². The first-order valence-electron chi connectivity index (χ1n) is 7.31. The van der Waals surface area contributed by atoms with Gasteiger partial charge in [-0.3, -0.25) is 0 Å². The van der Waals surface area contributed by atoms with Crippen molar-refractivity contribution in [2.45, 2.75) is 44.6 Å². The van der Waals surface area contributed by atoms with E-state index in [0.29, 0.717) is 5.56 Å². The first kappa shape index (κ1) is 18.0. The van der Waals surface area contributed by atoms with Gasteiger partial charge in [-0.25, -0.2) is 8.78 Å². The van der Waals surface area contributed by atoms with E-state index in [0.717, 1.165) is 13.0 Å². The molecule has 7 heteroatoms. The van der Waals surface area contributed by atoms with Crippen LogP contribution in [0.1, 0.15) is 32.3 Å². The molecule has 0 spiro atoms. The van der Waals surface area contributed by atoms with Gasteiger partial charge in [0.1, 0.15) is 0 Å². The summed E-state index contributed by atoms with van der Waals surface area (Å²) in [5.41, 5.74) is -2.04. The molecule has 0 bridgehead atoms. The average molecular weight is 337 g/mol. The zero-order valence-corrected chi connectivity index (χ0v) is 13.6. The Hall–Kier alpha value is -1.37. The van der Waals surface area contributed by atoms with Crippen LogP contribution in [0.4, 0.5) is 27.6 Å². The van der Waals surface area contributed by atoms with Gasteiger partial charge in [-0.15, -0.1) is 0 Å². The van der Waals surface area contributed by atoms with Crippen molar-refractivity contribution in [3.05, 3.63) is 29.3 Å². The van der Waals surface area contributed by atoms with E-state index in [9.17, 15) is 22.0 Å². The number of anilines is 1. The molecule has 0 aromatic heterocycles. The van der Waals surface area contributed by atoms with Crippen LogP contribution >= 0.6 is 0 Å². The summed E-state index contributed by atoms with van der Waals surface area (Å²) >= 11 is 0. The smallest absolute Gasteiger partial charge is 0.375 e. The Kier molecular flexibility index (Phi) is 4.39. The Bertz CT molecular complexity index is 601. The summed E-state index contributed by atoms with van der Waals surface area (Å²) in [7, 11) is 3.05. The molecule has 0 amide bonds. The van der Waals surface area contributed by atoms with Gasteiger partial charge in [0.25, 0.3) is 0 Å². The third kappa shape index (κ3) is 2.69. The third-order valence-corrected chi connectivity index (χ3v) is 4.81. The Morgan fingerprint density at radius 1 is 1.13 bits per heavy atom. The lowest BCUT2D eigenvalue weighted by Gasteiger charge is -2.32. The Morgan fingerprint density at radius 2 is 1.70 bits per heavy atom. The van der Waals surface area contributed by atoms with Crippen molar-refractivity contribution in [3.8, 4) is 0 Å². The van der Waals surface area contributed by atoms with E-state index in [4.69, 9.17) is 4.74 Å². The van der Waals surface area contributed by atoms with Crippen LogP contribution in [0.3, 0.4) is 0 Å². The lowest BCUT2D eigenvalue weighted by Crippen LogP contribution is -2.46. The van der Waals surface area contributed by atoms with E-state index in [2.05, 4.69) is 0 Å². The van der Waals surface area contributed by atoms with E-state index in [1.165, 1.54) is 38.9 Å². The molecule has 0 N–H and O–H groups in total. The van der Waals surface area contributed by atoms with Crippen molar-refractivity contribution in [3.63, 3.8) is 0 Å². The second-order valence-corrected chi connectivity index (χ2v) is 6.44. The van der Waals surface area contributed by atoms with Crippen molar-refractivity contribution in [2.24, 2.45) is 5.92 Å². The molecule has 0 aliphatic carbocycles. The molecule has 4 unspecified atom stereocenters. The quantitative estimate of drug-likeness (QED) is 0.737. The SMILES string of the molecule is CC1OC(C)(C(F)(F)F)C(C)C1c1ccc(F)c(F)c1N(C)C. The normalized spacial score (nSPS) is 31.5. The van der Waals surface area contributed by atoms with Crippen molar-refractivity contribution >= 4 is 5.69 Å². The second kappa shape index (κ2) is 5.61. The van der Waals surface area contributed by atoms with Gasteiger partial charge in [-0.2, -0.15) is 13.2 Å². The minimum Gasteiger partial charge on any atom is -0.375 e. The Labute approximate surface area is 132 Å². The molecule has 1 aliphatic rings. The summed E-state index contributed by atoms with van der Waals surface area (Å²) in [6.45, 7) is 3.96. The highest BCUT2D eigenvalue weighted by Crippen LogP contribution is 2.54. The van der Waals surface area contributed by atoms with E-state index >= 15 is 0 Å². The van der Waals surface area contributed by atoms with Crippen LogP contribution in [0.2, 0.25) is 0 Å². The van der Waals surface area contributed by atoms with Crippen molar-refractivity contribution in [1.82, 2.24) is 0 Å². The molecule has 1 saturated heterocycles. The number of hydrogen-bond donors (Lipinski definition) is 0. The molecule has 1 aromatic carbocycles. The summed E-state index contributed by atoms with van der Waals surface area (Å²) in [5, 5.41) is 0. The molecular weight excluding hydrogens is 317 g/mol. The standard InChI is InChI=1S/C16H20F5NO/c1-8-12(9(2)23-15(8,3)16(19,20)21)10-6-7-11(17)13(18)14(10)22(4)5/h6-9,12H,1-5H3. The van der Waals surface area contributed by atoms with E-state index in [-0.39, 0.29) is 5.69 Å². The minimum atomic E-state index is -4.55. The van der Waals surface area contributed by atoms with Crippen molar-refractivity contribution in [1.29, 1.82) is 0 Å². The van der Waals surface area contributed by atoms with Crippen molar-refractivity contribution in [2.75, 3.05) is 19.0 Å². The largest absolute Gasteiger partial charge is 0.417 e. The first-order chi connectivity index (χ1) is 10.4. The van der Waals surface area contributed by atoms with E-state index < -0.39 is 41.4 Å². The molecule has 0 radical (unpaired) electrons. The molecule has 0 saturated carbocycles. The van der Waals surface area contributed by atoms with Gasteiger partial charge in [0, 0.05) is 25.9 Å². The van der Waals surface area contributed by atoms with Crippen LogP contribution in [0.15, 0.2) is 12.1 Å². The highest BCUT2D eigenvalue weighted by atomic mass is 19.4. The van der Waals surface area contributed by atoms with E-state index in [1.54, 1.807) is 0 Å². The summed E-state index contributed by atoms with van der Waals surface area (Å²) in [6, 6.07) is 2.29. The fourth-order valence-electron chi connectivity index (χ4n) is 3.44. The van der Waals surface area contributed by atoms with Gasteiger partial charge in [0.05, 0.1) is 11.8 Å². The molecule has 4 atom stereocenters. The average Bonchev–Trinajstić information content (AvgIpc) is 2.63. The maximum atomic E-state index is 14.2. The Balaban J connectivity index is 2.58. The fourth-order valence-corrected chi connectivity index (χ4v) is 3.44. The summed E-state index contributed by atoms with van der Waals surface area (Å²) in [4.78, 5) is 1.37. The lowest BCUT2D eigenvalue weighted by atomic mass is 9.77. The molecule has 23 heavy (non-hydrogen) atoms. The topological polar surface area (TPSA) is 12.5 Å². The zero-order valence-electron chi connectivity index (χ0n) is 13.6. The monoisotopic (exact) mass is 337 g/mol. The van der Waals surface area contributed by atoms with Crippen LogP contribution in [0, 0.1) is 17.6 Å². The molecule has 1 aromatic rings. The van der Waals surface area contributed by atoms with Crippen LogP contribution in [0.5, 0.6) is 0 Å². The fraction of sp³-hybridized carbons (Fsp3) is 0.625. The van der Waals surface area contributed by atoms with Crippen LogP contribution < -0.4 is 4.90 Å². The van der Waals surface area contributed by atoms with Gasteiger partial charge < -0.3 is 9.64 Å². The van der Waals surface area contributed by atoms with Crippen LogP contribution in [-0.4, -0.2) is 32.0 Å². The Morgan fingerprint density at radius 3 is 2.13 bits per heavy atom. The summed E-state index contributed by atoms with van der Waals surface area (Å²) < 4.78 is 73.1. The highest BCUT2D eigenvalue weighted by molar-refractivity contribution is 5.56. The van der Waals surface area contributed by atoms with Gasteiger partial charge in [-0.1, -0.05) is 13.0 Å². The lowest BCUT2D eigenvalue weighted by molar-refractivity contribution is -0.273. The molecule has 130 valence electrons. The summed E-state index contributed by atoms with van der Waals surface area (Å²) in [6.07, 6.45) is -5.33. The number of benzene rings is 1. The molecule has 2 rings (SSSR count). The molecule has 1 heterocycles. The van der Waals surface area contributed by atoms with Gasteiger partial charge in [-0.05, 0) is 25.5 Å². The molecular formula is C16H20F5NO. The number of nitrogens with zero attached hydrogens (tertiary/aromatic N) is 1. The minimum absolute atomic E-state index is 0.0382. The number of halogens is 5. The maximum absolute atomic E-state index is 14.2. The first-order valence-corrected chi connectivity index (χ1v) is 7.31. The second-order valence-electron chi connectivity index (χ2n) is 6.44. The summed E-state index contributed by atoms with van der Waals surface area (Å²) in [5.74, 6) is -3.74. The van der Waals surface area contributed by atoms with Gasteiger partial charge in [0.15, 0.2) is 17.2 Å². The predicted molar refractivity (Wildman–Crippen MR) is 77.6 cm³/mol. The zero-order chi connectivity index (χ0) is 17.7. The molecule has 1 fully saturated rings. The van der Waals surface area contributed by atoms with Gasteiger partial charge in [0.2, 0.25) is 0 Å². The highest BCUT2D eigenvalue weighted by Gasteiger charge is 2.63. The number of hydrogen-bond acceptors (Lipinski definition) is 2. The van der Waals surface area contributed by atoms with Gasteiger partial charge >= 0.3 is 6.18 Å². The molecule has 1 aliphatic heterocycles. The number of alkyl halides is 3. The number of rotatable bonds is 2.